The van der Waals surface area contributed by atoms with Gasteiger partial charge >= 0.3 is 0 Å². The molecule has 1 aliphatic heterocycles. The van der Waals surface area contributed by atoms with Crippen molar-refractivity contribution in [1.82, 2.24) is 42.1 Å². The first-order valence-electron chi connectivity index (χ1n) is 22.4. The molecule has 9 atom stereocenters. The van der Waals surface area contributed by atoms with Gasteiger partial charge < -0.3 is 70.2 Å². The highest BCUT2D eigenvalue weighted by Gasteiger charge is 2.40. The van der Waals surface area contributed by atoms with Gasteiger partial charge in [-0.15, -0.1) is 0 Å². The van der Waals surface area contributed by atoms with Gasteiger partial charge in [0.15, 0.2) is 0 Å². The Morgan fingerprint density at radius 3 is 1.83 bits per heavy atom. The zero-order valence-corrected chi connectivity index (χ0v) is 40.9. The fourth-order valence-electron chi connectivity index (χ4n) is 7.12. The summed E-state index contributed by atoms with van der Waals surface area (Å²) in [7, 11) is 0. The maximum Gasteiger partial charge on any atom is 0.246 e. The average molecular weight is 1010 g/mol. The zero-order valence-electron chi connectivity index (χ0n) is 39.2. The molecule has 2 rings (SSSR count). The number of aromatic hydroxyl groups is 1. The highest BCUT2D eigenvalue weighted by atomic mass is 32.1. The third-order valence-electron chi connectivity index (χ3n) is 11.1. The van der Waals surface area contributed by atoms with Crippen molar-refractivity contribution in [3.8, 4) is 5.75 Å². The SMILES string of the molecule is CC[C@H](C)[C@H](NC(=O)[C@H](Cc1ccc(O)cc1)NC(=O)[C@@H](N)CS)C(=O)N[C@@H](CCC(N)=O)C(=O)N[C@@H](CC(N)=O)C(=O)N[C@H](CS)C(=O)N1CCC[C@H]1C(=O)N[C@@H](CC(C)C)C(=O)NCC(N)=O. The lowest BCUT2D eigenvalue weighted by Crippen LogP contribution is -2.61. The molecule has 26 heteroatoms. The molecule has 384 valence electrons. The van der Waals surface area contributed by atoms with Gasteiger partial charge in [0.25, 0.3) is 0 Å². The van der Waals surface area contributed by atoms with E-state index in [1.807, 2.05) is 13.8 Å². The van der Waals surface area contributed by atoms with E-state index in [-0.39, 0.29) is 49.0 Å². The lowest BCUT2D eigenvalue weighted by Gasteiger charge is -2.30. The van der Waals surface area contributed by atoms with Crippen LogP contribution < -0.4 is 60.2 Å². The molecule has 1 aliphatic rings. The zero-order chi connectivity index (χ0) is 52.1. The summed E-state index contributed by atoms with van der Waals surface area (Å²) in [4.78, 5) is 145. The number of hydrogen-bond acceptors (Lipinski definition) is 15. The van der Waals surface area contributed by atoms with Crippen molar-refractivity contribution < 1.29 is 57.8 Å². The Morgan fingerprint density at radius 2 is 1.28 bits per heavy atom. The number of nitrogens with zero attached hydrogens (tertiary/aromatic N) is 1. The van der Waals surface area contributed by atoms with Crippen molar-refractivity contribution in [2.24, 2.45) is 34.8 Å². The molecule has 1 aromatic carbocycles. The topological polar surface area (TPSA) is 400 Å². The molecular formula is C43H68N12O12S2. The Morgan fingerprint density at radius 1 is 0.696 bits per heavy atom. The van der Waals surface area contributed by atoms with Crippen LogP contribution in [-0.2, 0) is 59.2 Å². The Kier molecular flexibility index (Phi) is 24.8. The number of primary amides is 3. The summed E-state index contributed by atoms with van der Waals surface area (Å²) < 4.78 is 0. The molecule has 1 heterocycles. The standard InChI is InChI=1S/C43H68N12O12S2/c1-5-22(4)35(54-40(64)28(50-36(60)25(44)19-68)16-23-8-10-24(56)11-9-23)42(66)49-26(12-13-32(45)57)38(62)51-29(17-33(46)58)39(63)53-30(20-69)43(67)55-14-6-7-31(55)41(65)52-27(15-21(2)3)37(61)48-18-34(47)59/h8-11,21-22,25-31,35,56,68-69H,5-7,12-20,44H2,1-4H3,(H2,45,57)(H2,46,58)(H2,47,59)(H,48,61)(H,49,66)(H,50,60)(H,51,62)(H,52,65)(H,53,63)(H,54,64)/t22-,25-,26-,27-,28-,29-,30+,31-,35-/m0/s1. The van der Waals surface area contributed by atoms with E-state index in [2.05, 4.69) is 62.5 Å². The van der Waals surface area contributed by atoms with Crippen molar-refractivity contribution in [2.75, 3.05) is 24.6 Å². The minimum Gasteiger partial charge on any atom is -0.508 e. The summed E-state index contributed by atoms with van der Waals surface area (Å²) in [5, 5.41) is 27.2. The van der Waals surface area contributed by atoms with Crippen LogP contribution in [0.2, 0.25) is 0 Å². The van der Waals surface area contributed by atoms with Crippen LogP contribution in [0.3, 0.4) is 0 Å². The maximum absolute atomic E-state index is 14.0. The highest BCUT2D eigenvalue weighted by molar-refractivity contribution is 7.80. The number of nitrogens with one attached hydrogen (secondary N) is 7. The summed E-state index contributed by atoms with van der Waals surface area (Å²) in [6.07, 6.45) is -0.672. The first kappa shape index (κ1) is 59.0. The van der Waals surface area contributed by atoms with Crippen molar-refractivity contribution in [1.29, 1.82) is 0 Å². The highest BCUT2D eigenvalue weighted by Crippen LogP contribution is 2.20. The van der Waals surface area contributed by atoms with E-state index in [0.717, 1.165) is 0 Å². The van der Waals surface area contributed by atoms with Gasteiger partial charge in [-0.3, -0.25) is 52.7 Å². The van der Waals surface area contributed by atoms with Crippen molar-refractivity contribution in [2.45, 2.75) is 127 Å². The van der Waals surface area contributed by atoms with Crippen LogP contribution in [0.1, 0.15) is 78.2 Å². The van der Waals surface area contributed by atoms with E-state index in [1.54, 1.807) is 13.8 Å². The lowest BCUT2D eigenvalue weighted by molar-refractivity contribution is -0.142. The number of benzene rings is 1. The number of carbonyl (C=O) groups excluding carboxylic acids is 11. The van der Waals surface area contributed by atoms with E-state index in [1.165, 1.54) is 29.2 Å². The van der Waals surface area contributed by atoms with Gasteiger partial charge in [0.05, 0.1) is 19.0 Å². The molecule has 69 heavy (non-hydrogen) atoms. The predicted octanol–water partition coefficient (Wildman–Crippen LogP) is -4.14. The van der Waals surface area contributed by atoms with Crippen LogP contribution in [0.15, 0.2) is 24.3 Å². The van der Waals surface area contributed by atoms with E-state index in [4.69, 9.17) is 22.9 Å². The van der Waals surface area contributed by atoms with E-state index >= 15 is 0 Å². The smallest absolute Gasteiger partial charge is 0.246 e. The molecule has 1 fully saturated rings. The molecule has 11 amide bonds. The summed E-state index contributed by atoms with van der Waals surface area (Å²) in [6, 6.07) is -4.84. The minimum absolute atomic E-state index is 0.0424. The summed E-state index contributed by atoms with van der Waals surface area (Å²) in [6.45, 7) is 6.61. The van der Waals surface area contributed by atoms with Crippen molar-refractivity contribution in [3.63, 3.8) is 0 Å². The number of thiol groups is 2. The minimum atomic E-state index is -1.76. The molecule has 0 radical (unpaired) electrons. The van der Waals surface area contributed by atoms with E-state index < -0.39 is 145 Å². The quantitative estimate of drug-likeness (QED) is 0.0340. The summed E-state index contributed by atoms with van der Waals surface area (Å²) in [5.74, 6) is -10.5. The monoisotopic (exact) mass is 1010 g/mol. The van der Waals surface area contributed by atoms with Gasteiger partial charge in [-0.25, -0.2) is 0 Å². The molecule has 0 aromatic heterocycles. The average Bonchev–Trinajstić information content (AvgIpc) is 3.79. The molecule has 24 nitrogen and oxygen atoms in total. The van der Waals surface area contributed by atoms with Gasteiger partial charge in [-0.05, 0) is 55.2 Å². The number of nitrogens with two attached hydrogens (primary N) is 4. The molecular weight excluding hydrogens is 941 g/mol. The fraction of sp³-hybridized carbons (Fsp3) is 0.605. The second kappa shape index (κ2) is 29.0. The number of carbonyl (C=O) groups is 11. The molecule has 0 aliphatic carbocycles. The lowest BCUT2D eigenvalue weighted by atomic mass is 9.96. The van der Waals surface area contributed by atoms with E-state index in [9.17, 15) is 57.8 Å². The first-order valence-corrected chi connectivity index (χ1v) is 23.7. The first-order chi connectivity index (χ1) is 32.4. The Hall–Kier alpha value is -6.15. The largest absolute Gasteiger partial charge is 0.508 e. The van der Waals surface area contributed by atoms with Crippen LogP contribution in [0.5, 0.6) is 5.75 Å². The Labute approximate surface area is 411 Å². The second-order valence-corrected chi connectivity index (χ2v) is 17.9. The van der Waals surface area contributed by atoms with E-state index in [0.29, 0.717) is 18.4 Å². The molecule has 1 aromatic rings. The maximum atomic E-state index is 14.0. The molecule has 0 spiro atoms. The van der Waals surface area contributed by atoms with Gasteiger partial charge in [0.1, 0.15) is 48.0 Å². The third-order valence-corrected chi connectivity index (χ3v) is 11.9. The van der Waals surface area contributed by atoms with Gasteiger partial charge in [0.2, 0.25) is 65.0 Å². The third kappa shape index (κ3) is 19.8. The number of phenolic OH excluding ortho intramolecular Hbond substituents is 1. The predicted molar refractivity (Wildman–Crippen MR) is 257 cm³/mol. The molecule has 0 saturated carbocycles. The molecule has 1 saturated heterocycles. The van der Waals surface area contributed by atoms with Gasteiger partial charge in [-0.2, -0.15) is 25.3 Å². The number of likely N-dealkylation sites (tertiary alicyclic amines) is 1. The number of amides is 11. The molecule has 0 unspecified atom stereocenters. The number of phenols is 1. The van der Waals surface area contributed by atoms with Crippen LogP contribution in [0, 0.1) is 11.8 Å². The number of rotatable bonds is 29. The van der Waals surface area contributed by atoms with Crippen LogP contribution >= 0.6 is 25.3 Å². The van der Waals surface area contributed by atoms with Crippen molar-refractivity contribution >= 4 is 90.2 Å². The molecule has 0 bridgehead atoms. The fourth-order valence-corrected chi connectivity index (χ4v) is 7.54. The van der Waals surface area contributed by atoms with Gasteiger partial charge in [-0.1, -0.05) is 46.2 Å². The van der Waals surface area contributed by atoms with Crippen molar-refractivity contribution in [3.05, 3.63) is 29.8 Å². The molecule has 16 N–H and O–H groups in total. The van der Waals surface area contributed by atoms with Crippen LogP contribution in [0.25, 0.3) is 0 Å². The summed E-state index contributed by atoms with van der Waals surface area (Å²) >= 11 is 8.28. The Bertz CT molecular complexity index is 2010. The number of hydrogen-bond donors (Lipinski definition) is 14. The second-order valence-electron chi connectivity index (χ2n) is 17.2. The van der Waals surface area contributed by atoms with Crippen LogP contribution in [0.4, 0.5) is 0 Å². The Balaban J connectivity index is 2.34. The normalized spacial score (nSPS) is 16.8. The van der Waals surface area contributed by atoms with Crippen LogP contribution in [-0.4, -0.2) is 148 Å². The summed E-state index contributed by atoms with van der Waals surface area (Å²) in [5.41, 5.74) is 22.4. The van der Waals surface area contributed by atoms with Gasteiger partial charge in [0, 0.05) is 30.9 Å².